The predicted molar refractivity (Wildman–Crippen MR) is 193 cm³/mol. The van der Waals surface area contributed by atoms with E-state index in [1.54, 1.807) is 22.7 Å². The number of rotatable bonds is 5. The van der Waals surface area contributed by atoms with E-state index in [2.05, 4.69) is 109 Å². The van der Waals surface area contributed by atoms with E-state index in [1.165, 1.54) is 20.2 Å². The number of thiazole rings is 1. The van der Waals surface area contributed by atoms with E-state index in [0.717, 1.165) is 48.6 Å². The second kappa shape index (κ2) is 11.1. The van der Waals surface area contributed by atoms with Crippen LogP contribution >= 0.6 is 22.7 Å². The summed E-state index contributed by atoms with van der Waals surface area (Å²) in [4.78, 5) is 20.3. The fourth-order valence-corrected chi connectivity index (χ4v) is 8.14. The monoisotopic (exact) mass is 624 g/mol. The number of thiophene rings is 1. The first-order chi connectivity index (χ1) is 22.8. The molecular formula is C40H24N4S2. The quantitative estimate of drug-likeness (QED) is 0.191. The summed E-state index contributed by atoms with van der Waals surface area (Å²) in [5.74, 6) is 1.95. The van der Waals surface area contributed by atoms with E-state index in [1.807, 2.05) is 36.4 Å². The van der Waals surface area contributed by atoms with Gasteiger partial charge in [0.15, 0.2) is 17.5 Å². The van der Waals surface area contributed by atoms with Crippen molar-refractivity contribution in [1.29, 1.82) is 0 Å². The zero-order valence-corrected chi connectivity index (χ0v) is 26.1. The average Bonchev–Trinajstić information content (AvgIpc) is 3.74. The highest BCUT2D eigenvalue weighted by Crippen LogP contribution is 2.40. The van der Waals surface area contributed by atoms with Gasteiger partial charge in [0.2, 0.25) is 0 Å². The zero-order valence-electron chi connectivity index (χ0n) is 24.5. The number of hydrogen-bond acceptors (Lipinski definition) is 6. The highest BCUT2D eigenvalue weighted by atomic mass is 32.1. The first-order valence-corrected chi connectivity index (χ1v) is 16.7. The van der Waals surface area contributed by atoms with Crippen molar-refractivity contribution in [3.63, 3.8) is 0 Å². The summed E-state index contributed by atoms with van der Waals surface area (Å²) in [6.07, 6.45) is 0. The van der Waals surface area contributed by atoms with Crippen molar-refractivity contribution in [2.75, 3.05) is 0 Å². The van der Waals surface area contributed by atoms with Gasteiger partial charge in [-0.1, -0.05) is 121 Å². The predicted octanol–water partition coefficient (Wildman–Crippen LogP) is 11.2. The maximum Gasteiger partial charge on any atom is 0.164 e. The molecule has 0 spiro atoms. The molecule has 0 aliphatic rings. The molecule has 0 aliphatic heterocycles. The lowest BCUT2D eigenvalue weighted by molar-refractivity contribution is 1.08. The van der Waals surface area contributed by atoms with E-state index >= 15 is 0 Å². The minimum absolute atomic E-state index is 0.637. The van der Waals surface area contributed by atoms with Crippen molar-refractivity contribution in [2.24, 2.45) is 0 Å². The van der Waals surface area contributed by atoms with E-state index in [0.29, 0.717) is 17.5 Å². The summed E-state index contributed by atoms with van der Waals surface area (Å²) in [6, 6.07) is 50.3. The molecule has 0 radical (unpaired) electrons. The minimum Gasteiger partial charge on any atom is -0.235 e. The van der Waals surface area contributed by atoms with Crippen molar-refractivity contribution >= 4 is 53.1 Å². The van der Waals surface area contributed by atoms with Crippen molar-refractivity contribution in [1.82, 2.24) is 19.9 Å². The molecule has 0 atom stereocenters. The Labute approximate surface area is 273 Å². The third-order valence-corrected chi connectivity index (χ3v) is 10.4. The number of para-hydroxylation sites is 1. The van der Waals surface area contributed by atoms with Crippen molar-refractivity contribution in [3.05, 3.63) is 146 Å². The molecule has 0 unspecified atom stereocenters. The van der Waals surface area contributed by atoms with Crippen LogP contribution < -0.4 is 0 Å². The topological polar surface area (TPSA) is 51.6 Å². The Bertz CT molecular complexity index is 2540. The van der Waals surface area contributed by atoms with Crippen molar-refractivity contribution in [3.8, 4) is 55.9 Å². The third kappa shape index (κ3) is 4.67. The van der Waals surface area contributed by atoms with Gasteiger partial charge >= 0.3 is 0 Å². The Balaban J connectivity index is 1.22. The van der Waals surface area contributed by atoms with Crippen LogP contribution in [0.1, 0.15) is 0 Å². The van der Waals surface area contributed by atoms with Crippen LogP contribution in [0.4, 0.5) is 0 Å². The third-order valence-electron chi connectivity index (χ3n) is 8.18. The van der Waals surface area contributed by atoms with E-state index in [4.69, 9.17) is 19.9 Å². The van der Waals surface area contributed by atoms with Crippen LogP contribution in [0.25, 0.3) is 86.3 Å². The first-order valence-electron chi connectivity index (χ1n) is 15.1. The smallest absolute Gasteiger partial charge is 0.164 e. The van der Waals surface area contributed by atoms with Crippen molar-refractivity contribution < 1.29 is 0 Å². The Morgan fingerprint density at radius 3 is 1.78 bits per heavy atom. The average molecular weight is 625 g/mol. The Hall–Kier alpha value is -5.56. The molecule has 0 saturated heterocycles. The lowest BCUT2D eigenvalue weighted by atomic mass is 10.0. The lowest BCUT2D eigenvalue weighted by Gasteiger charge is -2.11. The molecule has 9 aromatic rings. The molecule has 3 aromatic heterocycles. The molecule has 0 bridgehead atoms. The molecule has 0 fully saturated rings. The Morgan fingerprint density at radius 1 is 0.370 bits per heavy atom. The maximum absolute atomic E-state index is 5.15. The molecule has 0 aliphatic carbocycles. The van der Waals surface area contributed by atoms with Crippen LogP contribution in [0.15, 0.2) is 146 Å². The summed E-state index contributed by atoms with van der Waals surface area (Å²) >= 11 is 3.51. The fraction of sp³-hybridized carbons (Fsp3) is 0. The van der Waals surface area contributed by atoms with E-state index in [-0.39, 0.29) is 0 Å². The lowest BCUT2D eigenvalue weighted by Crippen LogP contribution is -2.00. The Morgan fingerprint density at radius 2 is 0.957 bits per heavy atom. The van der Waals surface area contributed by atoms with Gasteiger partial charge in [-0.15, -0.1) is 22.7 Å². The van der Waals surface area contributed by atoms with Gasteiger partial charge < -0.3 is 0 Å². The highest BCUT2D eigenvalue weighted by Gasteiger charge is 2.18. The number of aromatic nitrogens is 4. The standard InChI is InChI=1S/C40H24N4S2/c1-3-12-25(13-4-1)37-42-38(44-39(43-37)31-20-11-22-33-35(31)30-18-7-8-21-32(30)45-33)28-17-9-16-27(24-28)29-19-10-23-34-36(29)41-40(46-34)26-14-5-2-6-15-26/h1-24H. The van der Waals surface area contributed by atoms with Gasteiger partial charge in [0, 0.05) is 48.0 Å². The normalized spacial score (nSPS) is 11.5. The molecule has 0 N–H and O–H groups in total. The molecule has 6 aromatic carbocycles. The largest absolute Gasteiger partial charge is 0.235 e. The molecule has 3 heterocycles. The maximum atomic E-state index is 5.15. The number of fused-ring (bicyclic) bond motifs is 4. The summed E-state index contributed by atoms with van der Waals surface area (Å²) in [5.41, 5.74) is 7.17. The first kappa shape index (κ1) is 26.8. The molecule has 0 amide bonds. The molecule has 6 heteroatoms. The van der Waals surface area contributed by atoms with Crippen LogP contribution in [-0.2, 0) is 0 Å². The molecule has 4 nitrogen and oxygen atoms in total. The second-order valence-electron chi connectivity index (χ2n) is 11.1. The van der Waals surface area contributed by atoms with Crippen LogP contribution in [0.5, 0.6) is 0 Å². The molecule has 0 saturated carbocycles. The van der Waals surface area contributed by atoms with Crippen LogP contribution in [0, 0.1) is 0 Å². The van der Waals surface area contributed by atoms with Gasteiger partial charge in [-0.05, 0) is 29.8 Å². The summed E-state index contributed by atoms with van der Waals surface area (Å²) in [7, 11) is 0. The fourth-order valence-electron chi connectivity index (χ4n) is 6.01. The van der Waals surface area contributed by atoms with Crippen LogP contribution in [0.3, 0.4) is 0 Å². The highest BCUT2D eigenvalue weighted by molar-refractivity contribution is 7.26. The SMILES string of the molecule is c1ccc(-c2nc(-c3cccc(-c4cccc5sc(-c6ccccc6)nc45)c3)nc(-c3cccc4sc5ccccc5c34)n2)cc1. The zero-order chi connectivity index (χ0) is 30.5. The van der Waals surface area contributed by atoms with Gasteiger partial charge in [0.25, 0.3) is 0 Å². The Kier molecular flexibility index (Phi) is 6.47. The van der Waals surface area contributed by atoms with Gasteiger partial charge in [-0.3, -0.25) is 0 Å². The molecule has 9 rings (SSSR count). The van der Waals surface area contributed by atoms with Gasteiger partial charge in [0.05, 0.1) is 10.2 Å². The molecule has 46 heavy (non-hydrogen) atoms. The van der Waals surface area contributed by atoms with Gasteiger partial charge in [-0.2, -0.15) is 0 Å². The van der Waals surface area contributed by atoms with E-state index < -0.39 is 0 Å². The van der Waals surface area contributed by atoms with Crippen LogP contribution in [0.2, 0.25) is 0 Å². The summed E-state index contributed by atoms with van der Waals surface area (Å²) in [6.45, 7) is 0. The van der Waals surface area contributed by atoms with Gasteiger partial charge in [-0.25, -0.2) is 19.9 Å². The summed E-state index contributed by atoms with van der Waals surface area (Å²) < 4.78 is 3.63. The minimum atomic E-state index is 0.637. The molecule has 216 valence electrons. The number of nitrogens with zero attached hydrogens (tertiary/aromatic N) is 4. The van der Waals surface area contributed by atoms with Gasteiger partial charge in [0.1, 0.15) is 5.01 Å². The van der Waals surface area contributed by atoms with Crippen LogP contribution in [-0.4, -0.2) is 19.9 Å². The van der Waals surface area contributed by atoms with E-state index in [9.17, 15) is 0 Å². The number of hydrogen-bond donors (Lipinski definition) is 0. The van der Waals surface area contributed by atoms with Crippen molar-refractivity contribution in [2.45, 2.75) is 0 Å². The summed E-state index contributed by atoms with van der Waals surface area (Å²) in [5, 5.41) is 3.41. The number of benzene rings is 6. The second-order valence-corrected chi connectivity index (χ2v) is 13.2. The molecular weight excluding hydrogens is 601 g/mol.